The van der Waals surface area contributed by atoms with Gasteiger partial charge in [0.2, 0.25) is 5.95 Å². The number of sulfone groups is 1. The monoisotopic (exact) mass is 649 g/mol. The summed E-state index contributed by atoms with van der Waals surface area (Å²) in [6.07, 6.45) is 2.40. The molecule has 3 heterocycles. The number of amides is 1. The van der Waals surface area contributed by atoms with E-state index >= 15 is 0 Å². The van der Waals surface area contributed by atoms with E-state index in [4.69, 9.17) is 9.97 Å². The van der Waals surface area contributed by atoms with Gasteiger partial charge in [-0.3, -0.25) is 19.0 Å². The van der Waals surface area contributed by atoms with Gasteiger partial charge in [-0.25, -0.2) is 13.4 Å². The SMILES string of the molecule is CC(=O)C1(c2ccccc2)CCN(c2nc(C)c3ccc(=O)n(-c4ccc(C(=O)NCc5ccc(S(C)(=O)=O)cc5)cc4)c3n2)CC1. The van der Waals surface area contributed by atoms with Crippen LogP contribution < -0.4 is 15.8 Å². The maximum atomic E-state index is 13.2. The van der Waals surface area contributed by atoms with Crippen molar-refractivity contribution in [3.8, 4) is 5.69 Å². The smallest absolute Gasteiger partial charge is 0.256 e. The summed E-state index contributed by atoms with van der Waals surface area (Å²) < 4.78 is 24.9. The van der Waals surface area contributed by atoms with Gasteiger partial charge >= 0.3 is 0 Å². The van der Waals surface area contributed by atoms with Crippen molar-refractivity contribution in [3.05, 3.63) is 124 Å². The van der Waals surface area contributed by atoms with Gasteiger partial charge in [-0.1, -0.05) is 42.5 Å². The summed E-state index contributed by atoms with van der Waals surface area (Å²) in [6.45, 7) is 4.94. The van der Waals surface area contributed by atoms with Crippen LogP contribution >= 0.6 is 0 Å². The van der Waals surface area contributed by atoms with Crippen molar-refractivity contribution in [1.29, 1.82) is 0 Å². The number of hydrogen-bond donors (Lipinski definition) is 1. The molecule has 0 saturated carbocycles. The third kappa shape index (κ3) is 6.31. The van der Waals surface area contributed by atoms with Crippen LogP contribution in [-0.4, -0.2) is 54.0 Å². The van der Waals surface area contributed by atoms with Gasteiger partial charge in [0.05, 0.1) is 21.7 Å². The number of ketones is 1. The standard InChI is InChI=1S/C36H35N5O5S/c1-24-31-17-18-32(43)41(29-13-11-27(12-14-29)34(44)37-23-26-9-15-30(16-10-26)47(3,45)46)33(31)39-35(38-24)40-21-19-36(20-22-40,25(2)42)28-7-5-4-6-8-28/h4-18H,19-23H2,1-3H3,(H,37,44). The van der Waals surface area contributed by atoms with Crippen molar-refractivity contribution in [1.82, 2.24) is 19.9 Å². The Labute approximate surface area is 273 Å². The number of carbonyl (C=O) groups excluding carboxylic acids is 2. The number of nitrogens with zero attached hydrogens (tertiary/aromatic N) is 4. The molecule has 1 fully saturated rings. The van der Waals surface area contributed by atoms with Crippen LogP contribution in [-0.2, 0) is 26.6 Å². The lowest BCUT2D eigenvalue weighted by molar-refractivity contribution is -0.123. The Morgan fingerprint density at radius 3 is 2.15 bits per heavy atom. The van der Waals surface area contributed by atoms with Crippen LogP contribution in [0.15, 0.2) is 101 Å². The number of aryl methyl sites for hydroxylation is 1. The molecule has 2 aromatic heterocycles. The van der Waals surface area contributed by atoms with Crippen LogP contribution in [0.1, 0.15) is 46.9 Å². The van der Waals surface area contributed by atoms with Gasteiger partial charge in [0.25, 0.3) is 11.5 Å². The first-order chi connectivity index (χ1) is 22.5. The molecule has 5 aromatic rings. The van der Waals surface area contributed by atoms with Gasteiger partial charge in [0.1, 0.15) is 5.78 Å². The number of rotatable bonds is 8. The van der Waals surface area contributed by atoms with Crippen molar-refractivity contribution in [2.45, 2.75) is 43.5 Å². The summed E-state index contributed by atoms with van der Waals surface area (Å²) >= 11 is 0. The van der Waals surface area contributed by atoms with Gasteiger partial charge in [0, 0.05) is 42.9 Å². The molecule has 1 saturated heterocycles. The average Bonchev–Trinajstić information content (AvgIpc) is 3.07. The minimum absolute atomic E-state index is 0.146. The number of Topliss-reactive ketones (excluding diaryl/α,β-unsaturated/α-hetero) is 1. The molecule has 1 amide bonds. The lowest BCUT2D eigenvalue weighted by atomic mass is 9.70. The lowest BCUT2D eigenvalue weighted by Gasteiger charge is -2.40. The average molecular weight is 650 g/mol. The van der Waals surface area contributed by atoms with Gasteiger partial charge in [-0.05, 0) is 80.3 Å². The highest BCUT2D eigenvalue weighted by Crippen LogP contribution is 2.37. The summed E-state index contributed by atoms with van der Waals surface area (Å²) in [7, 11) is -3.30. The maximum Gasteiger partial charge on any atom is 0.256 e. The van der Waals surface area contributed by atoms with Gasteiger partial charge in [-0.2, -0.15) is 4.98 Å². The minimum atomic E-state index is -3.30. The van der Waals surface area contributed by atoms with E-state index < -0.39 is 15.3 Å². The van der Waals surface area contributed by atoms with Gasteiger partial charge < -0.3 is 10.2 Å². The second kappa shape index (κ2) is 12.6. The fourth-order valence-electron chi connectivity index (χ4n) is 6.23. The highest BCUT2D eigenvalue weighted by atomic mass is 32.2. The Kier molecular flexibility index (Phi) is 8.50. The molecule has 0 atom stereocenters. The third-order valence-electron chi connectivity index (χ3n) is 9.02. The molecule has 6 rings (SSSR count). The third-order valence-corrected chi connectivity index (χ3v) is 10.1. The molecule has 240 valence electrons. The van der Waals surface area contributed by atoms with Crippen LogP contribution in [0, 0.1) is 6.92 Å². The second-order valence-corrected chi connectivity index (χ2v) is 14.0. The van der Waals surface area contributed by atoms with Crippen molar-refractivity contribution >= 4 is 38.5 Å². The Morgan fingerprint density at radius 2 is 1.53 bits per heavy atom. The molecule has 0 spiro atoms. The molecule has 1 aliphatic heterocycles. The predicted octanol–water partition coefficient (Wildman–Crippen LogP) is 4.55. The fourth-order valence-corrected chi connectivity index (χ4v) is 6.86. The zero-order valence-corrected chi connectivity index (χ0v) is 27.3. The number of aromatic nitrogens is 3. The van der Waals surface area contributed by atoms with Crippen LogP contribution in [0.4, 0.5) is 5.95 Å². The van der Waals surface area contributed by atoms with E-state index in [0.717, 1.165) is 28.5 Å². The Morgan fingerprint density at radius 1 is 0.872 bits per heavy atom. The number of hydrogen-bond acceptors (Lipinski definition) is 8. The van der Waals surface area contributed by atoms with Gasteiger partial charge in [-0.15, -0.1) is 0 Å². The fraction of sp³-hybridized carbons (Fsp3) is 0.250. The number of nitrogens with one attached hydrogen (secondary N) is 1. The summed E-state index contributed by atoms with van der Waals surface area (Å²) in [5.74, 6) is 0.338. The largest absolute Gasteiger partial charge is 0.348 e. The highest BCUT2D eigenvalue weighted by molar-refractivity contribution is 7.90. The highest BCUT2D eigenvalue weighted by Gasteiger charge is 2.41. The molecule has 1 N–H and O–H groups in total. The topological polar surface area (TPSA) is 131 Å². The molecule has 0 radical (unpaired) electrons. The first-order valence-electron chi connectivity index (χ1n) is 15.4. The molecule has 11 heteroatoms. The first-order valence-corrected chi connectivity index (χ1v) is 17.2. The number of pyridine rings is 1. The van der Waals surface area contributed by atoms with E-state index in [1.165, 1.54) is 22.8 Å². The van der Waals surface area contributed by atoms with Crippen LogP contribution in [0.5, 0.6) is 0 Å². The summed E-state index contributed by atoms with van der Waals surface area (Å²) in [5.41, 5.74) is 3.11. The summed E-state index contributed by atoms with van der Waals surface area (Å²) in [5, 5.41) is 3.58. The summed E-state index contributed by atoms with van der Waals surface area (Å²) in [6, 6.07) is 26.2. The van der Waals surface area contributed by atoms with E-state index in [1.54, 1.807) is 49.4 Å². The molecule has 1 aliphatic rings. The lowest BCUT2D eigenvalue weighted by Crippen LogP contribution is -2.47. The molecule has 0 bridgehead atoms. The second-order valence-electron chi connectivity index (χ2n) is 12.0. The normalized spacial score (nSPS) is 14.6. The van der Waals surface area contributed by atoms with E-state index in [-0.39, 0.29) is 28.7 Å². The molecule has 47 heavy (non-hydrogen) atoms. The maximum absolute atomic E-state index is 13.2. The Bertz CT molecular complexity index is 2140. The van der Waals surface area contributed by atoms with E-state index in [9.17, 15) is 22.8 Å². The Hall–Kier alpha value is -5.16. The molecule has 3 aromatic carbocycles. The Balaban J connectivity index is 1.23. The number of carbonyl (C=O) groups is 2. The van der Waals surface area contributed by atoms with Crippen LogP contribution in [0.2, 0.25) is 0 Å². The van der Waals surface area contributed by atoms with E-state index in [1.807, 2.05) is 37.3 Å². The molecular formula is C36H35N5O5S. The molecule has 10 nitrogen and oxygen atoms in total. The first kappa shape index (κ1) is 31.8. The van der Waals surface area contributed by atoms with Gasteiger partial charge in [0.15, 0.2) is 15.5 Å². The van der Waals surface area contributed by atoms with Crippen molar-refractivity contribution in [3.63, 3.8) is 0 Å². The zero-order valence-electron chi connectivity index (χ0n) is 26.4. The predicted molar refractivity (Wildman–Crippen MR) is 181 cm³/mol. The number of anilines is 1. The van der Waals surface area contributed by atoms with Crippen LogP contribution in [0.3, 0.4) is 0 Å². The van der Waals surface area contributed by atoms with Crippen molar-refractivity contribution < 1.29 is 18.0 Å². The van der Waals surface area contributed by atoms with Crippen molar-refractivity contribution in [2.24, 2.45) is 0 Å². The van der Waals surface area contributed by atoms with E-state index in [2.05, 4.69) is 10.2 Å². The van der Waals surface area contributed by atoms with Crippen LogP contribution in [0.25, 0.3) is 16.7 Å². The van der Waals surface area contributed by atoms with Crippen molar-refractivity contribution in [2.75, 3.05) is 24.2 Å². The minimum Gasteiger partial charge on any atom is -0.348 e. The zero-order chi connectivity index (χ0) is 33.3. The molecule has 0 unspecified atom stereocenters. The number of fused-ring (bicyclic) bond motifs is 1. The molecule has 0 aliphatic carbocycles. The number of piperidine rings is 1. The van der Waals surface area contributed by atoms with E-state index in [0.29, 0.717) is 48.8 Å². The molecular weight excluding hydrogens is 614 g/mol. The number of benzene rings is 3. The summed E-state index contributed by atoms with van der Waals surface area (Å²) in [4.78, 5) is 51.0. The quantitative estimate of drug-likeness (QED) is 0.259.